The van der Waals surface area contributed by atoms with E-state index in [-0.39, 0.29) is 0 Å². The molecular formula is C16H13N5OS. The Kier molecular flexibility index (Phi) is 3.47. The third kappa shape index (κ3) is 2.55. The van der Waals surface area contributed by atoms with E-state index in [0.717, 1.165) is 27.0 Å². The zero-order chi connectivity index (χ0) is 15.6. The van der Waals surface area contributed by atoms with Gasteiger partial charge in [0.1, 0.15) is 16.5 Å². The van der Waals surface area contributed by atoms with Crippen LogP contribution in [-0.2, 0) is 0 Å². The van der Waals surface area contributed by atoms with Gasteiger partial charge >= 0.3 is 0 Å². The summed E-state index contributed by atoms with van der Waals surface area (Å²) in [6.07, 6.45) is 1.73. The Bertz CT molecular complexity index is 930. The van der Waals surface area contributed by atoms with Crippen molar-refractivity contribution in [2.24, 2.45) is 0 Å². The maximum Gasteiger partial charge on any atom is 0.235 e. The summed E-state index contributed by atoms with van der Waals surface area (Å²) >= 11 is 1.49. The van der Waals surface area contributed by atoms with Crippen LogP contribution in [0.2, 0.25) is 0 Å². The highest BCUT2D eigenvalue weighted by atomic mass is 32.1. The molecule has 6 nitrogen and oxygen atoms in total. The average Bonchev–Trinajstić information content (AvgIpc) is 3.17. The molecular weight excluding hydrogens is 310 g/mol. The smallest absolute Gasteiger partial charge is 0.235 e. The lowest BCUT2D eigenvalue weighted by molar-refractivity contribution is 0.340. The summed E-state index contributed by atoms with van der Waals surface area (Å²) in [5.74, 6) is 1.50. The zero-order valence-corrected chi connectivity index (χ0v) is 13.2. The Labute approximate surface area is 136 Å². The largest absolute Gasteiger partial charge is 0.494 e. The summed E-state index contributed by atoms with van der Waals surface area (Å²) in [5.41, 5.74) is 1.78. The van der Waals surface area contributed by atoms with E-state index in [0.29, 0.717) is 12.4 Å². The van der Waals surface area contributed by atoms with Gasteiger partial charge in [0.25, 0.3) is 0 Å². The van der Waals surface area contributed by atoms with Crippen LogP contribution in [0.1, 0.15) is 6.92 Å². The standard InChI is InChI=1S/C16H13N5OS/c1-2-22-12-8-6-11(7-9-12)15-20-21-14(18-19-16(21)23-15)13-5-3-4-10-17-13/h3-10H,2H2,1H3. The number of ether oxygens (including phenoxy) is 1. The molecule has 3 aromatic heterocycles. The second-order valence-electron chi connectivity index (χ2n) is 4.80. The minimum Gasteiger partial charge on any atom is -0.494 e. The maximum absolute atomic E-state index is 5.46. The summed E-state index contributed by atoms with van der Waals surface area (Å²) in [5, 5.41) is 13.9. The number of pyridine rings is 1. The van der Waals surface area contributed by atoms with E-state index < -0.39 is 0 Å². The number of rotatable bonds is 4. The predicted octanol–water partition coefficient (Wildman–Crippen LogP) is 3.31. The molecule has 4 aromatic rings. The number of hydrogen-bond acceptors (Lipinski definition) is 6. The molecule has 0 atom stereocenters. The van der Waals surface area contributed by atoms with Crippen LogP contribution in [0.4, 0.5) is 0 Å². The normalized spacial score (nSPS) is 11.0. The number of aromatic nitrogens is 5. The Morgan fingerprint density at radius 3 is 2.70 bits per heavy atom. The summed E-state index contributed by atoms with van der Waals surface area (Å²) < 4.78 is 7.20. The van der Waals surface area contributed by atoms with E-state index in [1.54, 1.807) is 10.7 Å². The molecule has 0 radical (unpaired) electrons. The highest BCUT2D eigenvalue weighted by molar-refractivity contribution is 7.19. The Balaban J connectivity index is 1.73. The van der Waals surface area contributed by atoms with E-state index in [1.807, 2.05) is 49.4 Å². The molecule has 0 fully saturated rings. The molecule has 23 heavy (non-hydrogen) atoms. The van der Waals surface area contributed by atoms with Crippen molar-refractivity contribution in [3.63, 3.8) is 0 Å². The quantitative estimate of drug-likeness (QED) is 0.576. The van der Waals surface area contributed by atoms with Crippen LogP contribution >= 0.6 is 11.3 Å². The zero-order valence-electron chi connectivity index (χ0n) is 12.4. The first-order chi connectivity index (χ1) is 11.3. The lowest BCUT2D eigenvalue weighted by atomic mass is 10.2. The molecule has 4 rings (SSSR count). The number of nitrogens with zero attached hydrogens (tertiary/aromatic N) is 5. The van der Waals surface area contributed by atoms with Gasteiger partial charge < -0.3 is 4.74 Å². The molecule has 0 saturated heterocycles. The SMILES string of the molecule is CCOc1ccc(-c2nn3c(-c4ccccn4)nnc3s2)cc1. The van der Waals surface area contributed by atoms with E-state index in [1.165, 1.54) is 11.3 Å². The van der Waals surface area contributed by atoms with Crippen molar-refractivity contribution in [1.82, 2.24) is 24.8 Å². The molecule has 0 aliphatic rings. The van der Waals surface area contributed by atoms with Gasteiger partial charge in [-0.25, -0.2) is 0 Å². The third-order valence-corrected chi connectivity index (χ3v) is 4.24. The van der Waals surface area contributed by atoms with Crippen LogP contribution in [0.3, 0.4) is 0 Å². The van der Waals surface area contributed by atoms with Crippen molar-refractivity contribution in [3.05, 3.63) is 48.7 Å². The molecule has 0 bridgehead atoms. The average molecular weight is 323 g/mol. The van der Waals surface area contributed by atoms with E-state index in [9.17, 15) is 0 Å². The first kappa shape index (κ1) is 13.8. The van der Waals surface area contributed by atoms with Crippen molar-refractivity contribution in [2.45, 2.75) is 6.92 Å². The van der Waals surface area contributed by atoms with Gasteiger partial charge in [-0.15, -0.1) is 10.2 Å². The Morgan fingerprint density at radius 2 is 1.96 bits per heavy atom. The van der Waals surface area contributed by atoms with Crippen LogP contribution < -0.4 is 4.74 Å². The number of benzene rings is 1. The van der Waals surface area contributed by atoms with Crippen LogP contribution in [0.5, 0.6) is 5.75 Å². The summed E-state index contributed by atoms with van der Waals surface area (Å²) in [4.78, 5) is 5.06. The number of hydrogen-bond donors (Lipinski definition) is 0. The van der Waals surface area contributed by atoms with Gasteiger partial charge in [0.15, 0.2) is 0 Å². The molecule has 3 heterocycles. The van der Waals surface area contributed by atoms with Crippen LogP contribution in [-0.4, -0.2) is 31.4 Å². The van der Waals surface area contributed by atoms with Crippen LogP contribution in [0.25, 0.3) is 27.1 Å². The highest BCUT2D eigenvalue weighted by Crippen LogP contribution is 2.28. The van der Waals surface area contributed by atoms with Crippen molar-refractivity contribution in [3.8, 4) is 27.8 Å². The monoisotopic (exact) mass is 323 g/mol. The minimum atomic E-state index is 0.647. The van der Waals surface area contributed by atoms with Gasteiger partial charge in [-0.2, -0.15) is 9.61 Å². The number of fused-ring (bicyclic) bond motifs is 1. The first-order valence-electron chi connectivity index (χ1n) is 7.22. The fourth-order valence-corrected chi connectivity index (χ4v) is 3.09. The second-order valence-corrected chi connectivity index (χ2v) is 5.75. The van der Waals surface area contributed by atoms with Crippen molar-refractivity contribution >= 4 is 16.3 Å². The fraction of sp³-hybridized carbons (Fsp3) is 0.125. The Morgan fingerprint density at radius 1 is 1.09 bits per heavy atom. The molecule has 0 unspecified atom stereocenters. The van der Waals surface area contributed by atoms with Gasteiger partial charge in [0.05, 0.1) is 6.61 Å². The molecule has 114 valence electrons. The van der Waals surface area contributed by atoms with Gasteiger partial charge in [0, 0.05) is 11.8 Å². The van der Waals surface area contributed by atoms with Crippen molar-refractivity contribution in [1.29, 1.82) is 0 Å². The van der Waals surface area contributed by atoms with Crippen molar-refractivity contribution < 1.29 is 4.74 Å². The summed E-state index contributed by atoms with van der Waals surface area (Å²) in [6.45, 7) is 2.62. The highest BCUT2D eigenvalue weighted by Gasteiger charge is 2.14. The molecule has 0 N–H and O–H groups in total. The van der Waals surface area contributed by atoms with Gasteiger partial charge in [-0.1, -0.05) is 17.4 Å². The van der Waals surface area contributed by atoms with Crippen LogP contribution in [0, 0.1) is 0 Å². The molecule has 1 aromatic carbocycles. The minimum absolute atomic E-state index is 0.647. The summed E-state index contributed by atoms with van der Waals surface area (Å²) in [7, 11) is 0. The Hall–Kier alpha value is -2.80. The van der Waals surface area contributed by atoms with Gasteiger partial charge in [0.2, 0.25) is 10.8 Å². The summed E-state index contributed by atoms with van der Waals surface area (Å²) in [6, 6.07) is 13.6. The predicted molar refractivity (Wildman–Crippen MR) is 88.5 cm³/mol. The molecule has 0 spiro atoms. The lowest BCUT2D eigenvalue weighted by Gasteiger charge is -2.02. The molecule has 0 amide bonds. The second kappa shape index (κ2) is 5.77. The van der Waals surface area contributed by atoms with E-state index >= 15 is 0 Å². The van der Waals surface area contributed by atoms with Crippen LogP contribution in [0.15, 0.2) is 48.7 Å². The van der Waals surface area contributed by atoms with Gasteiger partial charge in [-0.3, -0.25) is 4.98 Å². The lowest BCUT2D eigenvalue weighted by Crippen LogP contribution is -1.93. The molecule has 0 aliphatic heterocycles. The third-order valence-electron chi connectivity index (χ3n) is 3.30. The fourth-order valence-electron chi connectivity index (χ4n) is 2.25. The van der Waals surface area contributed by atoms with E-state index in [4.69, 9.17) is 4.74 Å². The van der Waals surface area contributed by atoms with E-state index in [2.05, 4.69) is 20.3 Å². The van der Waals surface area contributed by atoms with Gasteiger partial charge in [-0.05, 0) is 43.3 Å². The molecule has 0 aliphatic carbocycles. The topological polar surface area (TPSA) is 65.2 Å². The first-order valence-corrected chi connectivity index (χ1v) is 8.03. The molecule has 0 saturated carbocycles. The molecule has 7 heteroatoms. The van der Waals surface area contributed by atoms with Crippen molar-refractivity contribution in [2.75, 3.05) is 6.61 Å². The maximum atomic E-state index is 5.46.